The van der Waals surface area contributed by atoms with E-state index in [1.165, 1.54) is 4.90 Å². The molecule has 0 fully saturated rings. The van der Waals surface area contributed by atoms with E-state index in [1.807, 2.05) is 6.92 Å². The second-order valence-corrected chi connectivity index (χ2v) is 5.14. The van der Waals surface area contributed by atoms with Gasteiger partial charge in [-0.3, -0.25) is 4.79 Å². The summed E-state index contributed by atoms with van der Waals surface area (Å²) in [5.74, 6) is 0.754. The van der Waals surface area contributed by atoms with Gasteiger partial charge in [-0.15, -0.1) is 0 Å². The minimum absolute atomic E-state index is 0.183. The molecule has 0 saturated heterocycles. The van der Waals surface area contributed by atoms with Crippen LogP contribution in [0.15, 0.2) is 10.5 Å². The lowest BCUT2D eigenvalue weighted by molar-refractivity contribution is 0.0351. The number of hydrogen-bond donors (Lipinski definition) is 2. The van der Waals surface area contributed by atoms with Gasteiger partial charge in [0.25, 0.3) is 5.91 Å². The Morgan fingerprint density at radius 1 is 1.39 bits per heavy atom. The van der Waals surface area contributed by atoms with Crippen LogP contribution in [0.25, 0.3) is 0 Å². The lowest BCUT2D eigenvalue weighted by Crippen LogP contribution is -2.41. The van der Waals surface area contributed by atoms with Crippen molar-refractivity contribution in [1.29, 1.82) is 0 Å². The van der Waals surface area contributed by atoms with Crippen molar-refractivity contribution in [2.45, 2.75) is 20.8 Å². The van der Waals surface area contributed by atoms with E-state index < -0.39 is 5.41 Å². The van der Waals surface area contributed by atoms with Crippen LogP contribution in [0.2, 0.25) is 0 Å². The predicted molar refractivity (Wildman–Crippen MR) is 67.4 cm³/mol. The molecule has 0 spiro atoms. The molecular weight excluding hydrogens is 234 g/mol. The molecule has 1 amide bonds. The highest BCUT2D eigenvalue weighted by Gasteiger charge is 2.28. The topological polar surface area (TPSA) is 73.9 Å². The summed E-state index contributed by atoms with van der Waals surface area (Å²) in [6, 6.07) is 1.70. The van der Waals surface area contributed by atoms with Crippen LogP contribution in [0.1, 0.15) is 28.8 Å². The number of nitrogens with zero attached hydrogens (tertiary/aromatic N) is 1. The Morgan fingerprint density at radius 3 is 2.33 bits per heavy atom. The number of carbonyl (C=O) groups excluding carboxylic acids is 1. The number of aliphatic hydroxyl groups is 2. The lowest BCUT2D eigenvalue weighted by Gasteiger charge is -2.29. The highest BCUT2D eigenvalue weighted by molar-refractivity contribution is 5.91. The number of rotatable bonds is 5. The number of furan rings is 1. The summed E-state index contributed by atoms with van der Waals surface area (Å²) in [7, 11) is 1.62. The van der Waals surface area contributed by atoms with E-state index in [1.54, 1.807) is 27.0 Å². The van der Waals surface area contributed by atoms with E-state index >= 15 is 0 Å². The summed E-state index contributed by atoms with van der Waals surface area (Å²) in [5, 5.41) is 18.4. The molecule has 1 rings (SSSR count). The van der Waals surface area contributed by atoms with Crippen molar-refractivity contribution in [1.82, 2.24) is 4.90 Å². The van der Waals surface area contributed by atoms with Crippen molar-refractivity contribution in [2.24, 2.45) is 5.41 Å². The number of amides is 1. The maximum absolute atomic E-state index is 12.1. The minimum atomic E-state index is -0.707. The number of hydrogen-bond acceptors (Lipinski definition) is 4. The molecule has 18 heavy (non-hydrogen) atoms. The molecule has 0 aliphatic carbocycles. The fourth-order valence-electron chi connectivity index (χ4n) is 1.66. The van der Waals surface area contributed by atoms with Gasteiger partial charge < -0.3 is 19.5 Å². The summed E-state index contributed by atoms with van der Waals surface area (Å²) >= 11 is 0. The average molecular weight is 255 g/mol. The van der Waals surface area contributed by atoms with Crippen LogP contribution in [-0.2, 0) is 0 Å². The van der Waals surface area contributed by atoms with E-state index in [0.29, 0.717) is 0 Å². The molecule has 0 bridgehead atoms. The SMILES string of the molecule is Cc1cc(C(=O)N(C)CC(C)(CO)CO)oc1C. The van der Waals surface area contributed by atoms with Gasteiger partial charge in [0, 0.05) is 19.0 Å². The van der Waals surface area contributed by atoms with Crippen molar-refractivity contribution < 1.29 is 19.4 Å². The van der Waals surface area contributed by atoms with Crippen molar-refractivity contribution in [3.05, 3.63) is 23.2 Å². The number of aryl methyl sites for hydroxylation is 2. The highest BCUT2D eigenvalue weighted by Crippen LogP contribution is 2.19. The van der Waals surface area contributed by atoms with Gasteiger partial charge in [-0.25, -0.2) is 0 Å². The summed E-state index contributed by atoms with van der Waals surface area (Å²) < 4.78 is 5.36. The maximum atomic E-state index is 12.1. The minimum Gasteiger partial charge on any atom is -0.456 e. The molecule has 5 nitrogen and oxygen atoms in total. The fourth-order valence-corrected chi connectivity index (χ4v) is 1.66. The first-order chi connectivity index (χ1) is 8.33. The average Bonchev–Trinajstić information content (AvgIpc) is 2.68. The fraction of sp³-hybridized carbons (Fsp3) is 0.615. The van der Waals surface area contributed by atoms with Gasteiger partial charge in [-0.2, -0.15) is 0 Å². The maximum Gasteiger partial charge on any atom is 0.289 e. The van der Waals surface area contributed by atoms with Crippen molar-refractivity contribution in [2.75, 3.05) is 26.8 Å². The second-order valence-electron chi connectivity index (χ2n) is 5.14. The van der Waals surface area contributed by atoms with Crippen LogP contribution in [0.4, 0.5) is 0 Å². The van der Waals surface area contributed by atoms with E-state index in [9.17, 15) is 15.0 Å². The summed E-state index contributed by atoms with van der Waals surface area (Å²) in [6.45, 7) is 5.29. The molecule has 1 aromatic heterocycles. The Hall–Kier alpha value is -1.33. The molecule has 1 aromatic rings. The molecular formula is C13H21NO4. The Bertz CT molecular complexity index is 401. The van der Waals surface area contributed by atoms with E-state index in [-0.39, 0.29) is 31.4 Å². The van der Waals surface area contributed by atoms with Crippen LogP contribution in [0.5, 0.6) is 0 Å². The Labute approximate surface area is 107 Å². The summed E-state index contributed by atoms with van der Waals surface area (Å²) in [4.78, 5) is 13.5. The molecule has 1 heterocycles. The third-order valence-corrected chi connectivity index (χ3v) is 3.11. The molecule has 5 heteroatoms. The Kier molecular flexibility index (Phi) is 4.53. The molecule has 2 N–H and O–H groups in total. The Balaban J connectivity index is 2.78. The van der Waals surface area contributed by atoms with Gasteiger partial charge in [-0.05, 0) is 25.5 Å². The molecule has 102 valence electrons. The highest BCUT2D eigenvalue weighted by atomic mass is 16.4. The van der Waals surface area contributed by atoms with Crippen molar-refractivity contribution in [3.8, 4) is 0 Å². The lowest BCUT2D eigenvalue weighted by atomic mass is 9.92. The van der Waals surface area contributed by atoms with Gasteiger partial charge >= 0.3 is 0 Å². The van der Waals surface area contributed by atoms with Gasteiger partial charge in [0.2, 0.25) is 0 Å². The molecule has 0 unspecified atom stereocenters. The monoisotopic (exact) mass is 255 g/mol. The van der Waals surface area contributed by atoms with E-state index in [2.05, 4.69) is 0 Å². The standard InChI is InChI=1S/C13H21NO4/c1-9-5-11(18-10(9)2)12(17)14(4)6-13(3,7-15)8-16/h5,15-16H,6-8H2,1-4H3. The van der Waals surface area contributed by atoms with Crippen LogP contribution in [-0.4, -0.2) is 47.8 Å². The van der Waals surface area contributed by atoms with Gasteiger partial charge in [0.1, 0.15) is 5.76 Å². The van der Waals surface area contributed by atoms with Crippen LogP contribution in [0, 0.1) is 19.3 Å². The smallest absolute Gasteiger partial charge is 0.289 e. The van der Waals surface area contributed by atoms with Crippen molar-refractivity contribution in [3.63, 3.8) is 0 Å². The Morgan fingerprint density at radius 2 is 1.94 bits per heavy atom. The van der Waals surface area contributed by atoms with E-state index in [0.717, 1.165) is 11.3 Å². The third kappa shape index (κ3) is 3.11. The van der Waals surface area contributed by atoms with Crippen LogP contribution in [0.3, 0.4) is 0 Å². The third-order valence-electron chi connectivity index (χ3n) is 3.11. The summed E-state index contributed by atoms with van der Waals surface area (Å²) in [6.07, 6.45) is 0. The molecule has 0 aromatic carbocycles. The van der Waals surface area contributed by atoms with Gasteiger partial charge in [0.15, 0.2) is 5.76 Å². The zero-order valence-corrected chi connectivity index (χ0v) is 11.4. The first kappa shape index (κ1) is 14.7. The zero-order chi connectivity index (χ0) is 13.9. The largest absolute Gasteiger partial charge is 0.456 e. The quantitative estimate of drug-likeness (QED) is 0.822. The summed E-state index contributed by atoms with van der Waals surface area (Å²) in [5.41, 5.74) is 0.222. The molecule has 0 aliphatic rings. The zero-order valence-electron chi connectivity index (χ0n) is 11.4. The molecule has 0 atom stereocenters. The molecule has 0 aliphatic heterocycles. The van der Waals surface area contributed by atoms with Crippen LogP contribution >= 0.6 is 0 Å². The second kappa shape index (κ2) is 5.54. The predicted octanol–water partition coefficient (Wildman–Crippen LogP) is 0.959. The van der Waals surface area contributed by atoms with Gasteiger partial charge in [-0.1, -0.05) is 6.92 Å². The van der Waals surface area contributed by atoms with Crippen LogP contribution < -0.4 is 0 Å². The van der Waals surface area contributed by atoms with Gasteiger partial charge in [0.05, 0.1) is 13.2 Å². The number of carbonyl (C=O) groups is 1. The molecule has 0 saturated carbocycles. The molecule has 0 radical (unpaired) electrons. The van der Waals surface area contributed by atoms with Crippen molar-refractivity contribution >= 4 is 5.91 Å². The van der Waals surface area contributed by atoms with E-state index in [4.69, 9.17) is 4.42 Å². The number of aliphatic hydroxyl groups excluding tert-OH is 2. The normalized spacial score (nSPS) is 11.7. The first-order valence-corrected chi connectivity index (χ1v) is 5.87. The first-order valence-electron chi connectivity index (χ1n) is 5.87.